The van der Waals surface area contributed by atoms with Crippen molar-refractivity contribution in [2.24, 2.45) is 0 Å². The Hall–Kier alpha value is -1.88. The first kappa shape index (κ1) is 16.2. The van der Waals surface area contributed by atoms with Crippen LogP contribution in [0.15, 0.2) is 24.3 Å². The van der Waals surface area contributed by atoms with Gasteiger partial charge in [0.15, 0.2) is 0 Å². The number of unbranched alkanes of at least 4 members (excludes halogenated alkanes) is 1. The first-order chi connectivity index (χ1) is 9.56. The lowest BCUT2D eigenvalue weighted by molar-refractivity contribution is -0.117. The van der Waals surface area contributed by atoms with Crippen molar-refractivity contribution in [2.75, 3.05) is 32.6 Å². The first-order valence-corrected chi connectivity index (χ1v) is 6.73. The predicted octanol–water partition coefficient (Wildman–Crippen LogP) is 2.14. The van der Waals surface area contributed by atoms with Crippen LogP contribution in [0.1, 0.15) is 30.1 Å². The molecule has 0 saturated carbocycles. The molecule has 0 saturated heterocycles. The van der Waals surface area contributed by atoms with Gasteiger partial charge in [-0.3, -0.25) is 9.69 Å². The number of anilines is 1. The van der Waals surface area contributed by atoms with Crippen LogP contribution in [0.2, 0.25) is 0 Å². The number of hydrogen-bond acceptors (Lipinski definition) is 4. The fourth-order valence-electron chi connectivity index (χ4n) is 1.79. The number of likely N-dealkylation sites (N-methyl/N-ethyl adjacent to an activating group) is 1. The summed E-state index contributed by atoms with van der Waals surface area (Å²) in [5, 5.41) is 2.78. The van der Waals surface area contributed by atoms with Crippen molar-refractivity contribution < 1.29 is 14.3 Å². The second-order valence-corrected chi connectivity index (χ2v) is 4.71. The van der Waals surface area contributed by atoms with E-state index >= 15 is 0 Å². The predicted molar refractivity (Wildman–Crippen MR) is 78.8 cm³/mol. The first-order valence-electron chi connectivity index (χ1n) is 6.73. The molecule has 0 aliphatic heterocycles. The van der Waals surface area contributed by atoms with Gasteiger partial charge >= 0.3 is 5.97 Å². The number of carbonyl (C=O) groups excluding carboxylic acids is 2. The molecule has 1 N–H and O–H groups in total. The van der Waals surface area contributed by atoms with Crippen LogP contribution < -0.4 is 5.32 Å². The maximum absolute atomic E-state index is 11.9. The average molecular weight is 278 g/mol. The number of esters is 1. The van der Waals surface area contributed by atoms with Crippen LogP contribution in [-0.2, 0) is 9.53 Å². The third kappa shape index (κ3) is 5.40. The summed E-state index contributed by atoms with van der Waals surface area (Å²) < 4.78 is 4.65. The standard InChI is InChI=1S/C15H22N2O3/c1-4-5-9-17(2)11-14(18)16-13-8-6-7-12(10-13)15(19)20-3/h6-8,10H,4-5,9,11H2,1-3H3,(H,16,18). The van der Waals surface area contributed by atoms with Crippen LogP contribution in [0.25, 0.3) is 0 Å². The van der Waals surface area contributed by atoms with Crippen molar-refractivity contribution in [3.8, 4) is 0 Å². The Balaban J connectivity index is 2.55. The lowest BCUT2D eigenvalue weighted by Gasteiger charge is -2.15. The van der Waals surface area contributed by atoms with Crippen molar-refractivity contribution in [3.05, 3.63) is 29.8 Å². The molecule has 110 valence electrons. The zero-order valence-corrected chi connectivity index (χ0v) is 12.3. The smallest absolute Gasteiger partial charge is 0.337 e. The number of benzene rings is 1. The maximum Gasteiger partial charge on any atom is 0.337 e. The molecule has 0 aliphatic carbocycles. The Morgan fingerprint density at radius 2 is 2.10 bits per heavy atom. The number of amides is 1. The summed E-state index contributed by atoms with van der Waals surface area (Å²) in [5.74, 6) is -0.508. The fraction of sp³-hybridized carbons (Fsp3) is 0.467. The van der Waals surface area contributed by atoms with Crippen LogP contribution in [-0.4, -0.2) is 44.0 Å². The summed E-state index contributed by atoms with van der Waals surface area (Å²) in [5.41, 5.74) is 1.02. The number of ether oxygens (including phenoxy) is 1. The van der Waals surface area contributed by atoms with Gasteiger partial charge in [-0.25, -0.2) is 4.79 Å². The van der Waals surface area contributed by atoms with Crippen molar-refractivity contribution in [1.82, 2.24) is 4.90 Å². The molecule has 1 amide bonds. The highest BCUT2D eigenvalue weighted by molar-refractivity contribution is 5.95. The zero-order chi connectivity index (χ0) is 15.0. The molecule has 0 unspecified atom stereocenters. The molecular weight excluding hydrogens is 256 g/mol. The lowest BCUT2D eigenvalue weighted by atomic mass is 10.2. The third-order valence-electron chi connectivity index (χ3n) is 2.87. The van der Waals surface area contributed by atoms with E-state index < -0.39 is 5.97 Å². The zero-order valence-electron chi connectivity index (χ0n) is 12.3. The highest BCUT2D eigenvalue weighted by Crippen LogP contribution is 2.11. The third-order valence-corrected chi connectivity index (χ3v) is 2.87. The molecular formula is C15H22N2O3. The Kier molecular flexibility index (Phi) is 6.73. The number of nitrogens with zero attached hydrogens (tertiary/aromatic N) is 1. The average Bonchev–Trinajstić information content (AvgIpc) is 2.44. The summed E-state index contributed by atoms with van der Waals surface area (Å²) in [6.45, 7) is 3.35. The van der Waals surface area contributed by atoms with E-state index in [0.29, 0.717) is 17.8 Å². The topological polar surface area (TPSA) is 58.6 Å². The van der Waals surface area contributed by atoms with Crippen LogP contribution in [0, 0.1) is 0 Å². The van der Waals surface area contributed by atoms with Crippen LogP contribution in [0.3, 0.4) is 0 Å². The van der Waals surface area contributed by atoms with Gasteiger partial charge in [0.2, 0.25) is 5.91 Å². The summed E-state index contributed by atoms with van der Waals surface area (Å²) in [6, 6.07) is 6.71. The van der Waals surface area contributed by atoms with Crippen molar-refractivity contribution in [3.63, 3.8) is 0 Å². The largest absolute Gasteiger partial charge is 0.465 e. The number of rotatable bonds is 7. The molecule has 20 heavy (non-hydrogen) atoms. The van der Waals surface area contributed by atoms with Crippen LogP contribution >= 0.6 is 0 Å². The number of nitrogens with one attached hydrogen (secondary N) is 1. The fourth-order valence-corrected chi connectivity index (χ4v) is 1.79. The molecule has 0 bridgehead atoms. The van der Waals surface area contributed by atoms with E-state index in [0.717, 1.165) is 19.4 Å². The monoisotopic (exact) mass is 278 g/mol. The molecule has 5 nitrogen and oxygen atoms in total. The van der Waals surface area contributed by atoms with E-state index in [4.69, 9.17) is 0 Å². The van der Waals surface area contributed by atoms with Gasteiger partial charge in [0, 0.05) is 5.69 Å². The molecule has 1 rings (SSSR count). The maximum atomic E-state index is 11.9. The lowest BCUT2D eigenvalue weighted by Crippen LogP contribution is -2.30. The Bertz CT molecular complexity index is 460. The summed E-state index contributed by atoms with van der Waals surface area (Å²) in [6.07, 6.45) is 2.18. The molecule has 5 heteroatoms. The van der Waals surface area contributed by atoms with Crippen LogP contribution in [0.4, 0.5) is 5.69 Å². The van der Waals surface area contributed by atoms with E-state index in [2.05, 4.69) is 17.0 Å². The summed E-state index contributed by atoms with van der Waals surface area (Å²) >= 11 is 0. The SMILES string of the molecule is CCCCN(C)CC(=O)Nc1cccc(C(=O)OC)c1. The van der Waals surface area contributed by atoms with Gasteiger partial charge in [0.1, 0.15) is 0 Å². The molecule has 1 aromatic carbocycles. The van der Waals surface area contributed by atoms with Gasteiger partial charge in [0.25, 0.3) is 0 Å². The van der Waals surface area contributed by atoms with E-state index in [1.54, 1.807) is 24.3 Å². The normalized spacial score (nSPS) is 10.4. The van der Waals surface area contributed by atoms with Crippen molar-refractivity contribution in [2.45, 2.75) is 19.8 Å². The van der Waals surface area contributed by atoms with Crippen molar-refractivity contribution >= 4 is 17.6 Å². The van der Waals surface area contributed by atoms with Gasteiger partial charge in [-0.15, -0.1) is 0 Å². The van der Waals surface area contributed by atoms with E-state index in [1.165, 1.54) is 7.11 Å². The highest BCUT2D eigenvalue weighted by atomic mass is 16.5. The van der Waals surface area contributed by atoms with E-state index in [1.807, 2.05) is 11.9 Å². The van der Waals surface area contributed by atoms with Crippen molar-refractivity contribution in [1.29, 1.82) is 0 Å². The quantitative estimate of drug-likeness (QED) is 0.776. The molecule has 0 spiro atoms. The molecule has 0 aliphatic rings. The molecule has 0 aromatic heterocycles. The van der Waals surface area contributed by atoms with Gasteiger partial charge in [-0.05, 0) is 38.2 Å². The van der Waals surface area contributed by atoms with Gasteiger partial charge < -0.3 is 10.1 Å². The van der Waals surface area contributed by atoms with E-state index in [9.17, 15) is 9.59 Å². The second-order valence-electron chi connectivity index (χ2n) is 4.71. The molecule has 0 heterocycles. The number of carbonyl (C=O) groups is 2. The van der Waals surface area contributed by atoms with Crippen LogP contribution in [0.5, 0.6) is 0 Å². The Labute approximate surface area is 119 Å². The number of hydrogen-bond donors (Lipinski definition) is 1. The van der Waals surface area contributed by atoms with Gasteiger partial charge in [-0.2, -0.15) is 0 Å². The molecule has 0 atom stereocenters. The molecule has 1 aromatic rings. The van der Waals surface area contributed by atoms with Gasteiger partial charge in [-0.1, -0.05) is 19.4 Å². The summed E-state index contributed by atoms with van der Waals surface area (Å²) in [7, 11) is 3.25. The van der Waals surface area contributed by atoms with E-state index in [-0.39, 0.29) is 5.91 Å². The second kappa shape index (κ2) is 8.32. The number of methoxy groups -OCH3 is 1. The minimum atomic E-state index is -0.416. The summed E-state index contributed by atoms with van der Waals surface area (Å²) in [4.78, 5) is 25.2. The van der Waals surface area contributed by atoms with Gasteiger partial charge in [0.05, 0.1) is 19.2 Å². The minimum Gasteiger partial charge on any atom is -0.465 e. The molecule has 0 fully saturated rings. The Morgan fingerprint density at radius 1 is 1.35 bits per heavy atom. The Morgan fingerprint density at radius 3 is 2.75 bits per heavy atom. The molecule has 0 radical (unpaired) electrons. The highest BCUT2D eigenvalue weighted by Gasteiger charge is 2.09. The minimum absolute atomic E-state index is 0.0920.